The molecule has 0 saturated heterocycles. The molecule has 5 nitrogen and oxygen atoms in total. The Morgan fingerprint density at radius 2 is 1.84 bits per heavy atom. The van der Waals surface area contributed by atoms with Crippen LogP contribution in [0.1, 0.15) is 25.8 Å². The maximum atomic E-state index is 12.4. The van der Waals surface area contributed by atoms with Crippen molar-refractivity contribution in [2.75, 3.05) is 27.2 Å². The molecule has 0 aliphatic heterocycles. The van der Waals surface area contributed by atoms with Gasteiger partial charge in [-0.05, 0) is 36.5 Å². The normalized spacial score (nSPS) is 11.3. The van der Waals surface area contributed by atoms with Gasteiger partial charge in [0.05, 0.1) is 7.11 Å². The molecule has 0 radical (unpaired) electrons. The lowest BCUT2D eigenvalue weighted by Gasteiger charge is -2.14. The fourth-order valence-electron chi connectivity index (χ4n) is 2.09. The highest BCUT2D eigenvalue weighted by Gasteiger charge is 2.11. The fraction of sp³-hybridized carbons (Fsp3) is 0.588. The Morgan fingerprint density at radius 1 is 1.16 bits per heavy atom. The highest BCUT2D eigenvalue weighted by Crippen LogP contribution is 2.29. The van der Waals surface area contributed by atoms with E-state index in [-0.39, 0.29) is 35.5 Å². The highest BCUT2D eigenvalue weighted by atomic mass is 127. The van der Waals surface area contributed by atoms with E-state index < -0.39 is 6.61 Å². The lowest BCUT2D eigenvalue weighted by atomic mass is 10.1. The third-order valence-corrected chi connectivity index (χ3v) is 3.39. The molecule has 0 aromatic heterocycles. The van der Waals surface area contributed by atoms with E-state index in [0.717, 1.165) is 24.5 Å². The summed E-state index contributed by atoms with van der Waals surface area (Å²) in [6, 6.07) is 5.03. The van der Waals surface area contributed by atoms with Crippen molar-refractivity contribution in [3.8, 4) is 11.5 Å². The van der Waals surface area contributed by atoms with Crippen molar-refractivity contribution in [1.82, 2.24) is 10.6 Å². The van der Waals surface area contributed by atoms with Crippen molar-refractivity contribution in [2.45, 2.75) is 33.3 Å². The first-order chi connectivity index (χ1) is 11.5. The zero-order valence-electron chi connectivity index (χ0n) is 15.1. The van der Waals surface area contributed by atoms with Crippen LogP contribution in [0.4, 0.5) is 8.78 Å². The quantitative estimate of drug-likeness (QED) is 0.328. The summed E-state index contributed by atoms with van der Waals surface area (Å²) >= 11 is 0. The van der Waals surface area contributed by atoms with Crippen molar-refractivity contribution < 1.29 is 18.3 Å². The number of ether oxygens (including phenoxy) is 2. The Hall–Kier alpha value is -1.32. The Bertz CT molecular complexity index is 529. The topological polar surface area (TPSA) is 54.9 Å². The zero-order chi connectivity index (χ0) is 17.9. The van der Waals surface area contributed by atoms with Crippen LogP contribution >= 0.6 is 24.0 Å². The first-order valence-corrected chi connectivity index (χ1v) is 8.02. The lowest BCUT2D eigenvalue weighted by molar-refractivity contribution is -0.0512. The van der Waals surface area contributed by atoms with Gasteiger partial charge in [-0.3, -0.25) is 4.99 Å². The summed E-state index contributed by atoms with van der Waals surface area (Å²) in [6.45, 7) is 2.94. The smallest absolute Gasteiger partial charge is 0.387 e. The Kier molecular flexibility index (Phi) is 12.3. The van der Waals surface area contributed by atoms with Gasteiger partial charge in [0, 0.05) is 20.1 Å². The van der Waals surface area contributed by atoms with E-state index >= 15 is 0 Å². The van der Waals surface area contributed by atoms with Crippen LogP contribution in [0.15, 0.2) is 23.2 Å². The second-order valence-corrected chi connectivity index (χ2v) is 5.72. The summed E-state index contributed by atoms with van der Waals surface area (Å²) in [4.78, 5) is 4.15. The standard InChI is InChI=1S/C17H27F2N3O2.HI/c1-12(2)7-9-21-17(20-3)22-10-8-13-5-6-14(23-4)15(11-13)24-16(18)19;/h5-6,11-12,16H,7-10H2,1-4H3,(H2,20,21,22);1H. The molecule has 0 bridgehead atoms. The second-order valence-electron chi connectivity index (χ2n) is 5.72. The van der Waals surface area contributed by atoms with Crippen LogP contribution in [0.5, 0.6) is 11.5 Å². The first kappa shape index (κ1) is 23.7. The van der Waals surface area contributed by atoms with Gasteiger partial charge >= 0.3 is 6.61 Å². The SMILES string of the molecule is CN=C(NCCc1ccc(OC)c(OC(F)F)c1)NCCC(C)C.I. The molecule has 0 spiro atoms. The van der Waals surface area contributed by atoms with Gasteiger partial charge in [0.1, 0.15) is 0 Å². The van der Waals surface area contributed by atoms with Crippen LogP contribution in [-0.2, 0) is 6.42 Å². The molecule has 0 aliphatic carbocycles. The van der Waals surface area contributed by atoms with E-state index in [9.17, 15) is 8.78 Å². The van der Waals surface area contributed by atoms with Crippen LogP contribution in [0.25, 0.3) is 0 Å². The second kappa shape index (κ2) is 13.0. The molecule has 0 atom stereocenters. The maximum absolute atomic E-state index is 12.4. The summed E-state index contributed by atoms with van der Waals surface area (Å²) in [5.74, 6) is 1.69. The summed E-state index contributed by atoms with van der Waals surface area (Å²) < 4.78 is 34.4. The van der Waals surface area contributed by atoms with Gasteiger partial charge in [-0.25, -0.2) is 0 Å². The molecule has 0 unspecified atom stereocenters. The number of guanidine groups is 1. The van der Waals surface area contributed by atoms with Gasteiger partial charge in [0.25, 0.3) is 0 Å². The monoisotopic (exact) mass is 471 g/mol. The summed E-state index contributed by atoms with van der Waals surface area (Å²) in [5, 5.41) is 6.44. The molecule has 0 saturated carbocycles. The number of hydrogen-bond donors (Lipinski definition) is 2. The Balaban J connectivity index is 0.00000576. The largest absolute Gasteiger partial charge is 0.493 e. The summed E-state index contributed by atoms with van der Waals surface area (Å²) in [6.07, 6.45) is 1.71. The maximum Gasteiger partial charge on any atom is 0.387 e. The Morgan fingerprint density at radius 3 is 2.40 bits per heavy atom. The molecule has 0 fully saturated rings. The summed E-state index contributed by atoms with van der Waals surface area (Å²) in [7, 11) is 3.13. The zero-order valence-corrected chi connectivity index (χ0v) is 17.5. The van der Waals surface area contributed by atoms with Crippen molar-refractivity contribution >= 4 is 29.9 Å². The molecule has 1 aromatic carbocycles. The van der Waals surface area contributed by atoms with Gasteiger partial charge in [-0.1, -0.05) is 19.9 Å². The molecular formula is C17H28F2IN3O2. The van der Waals surface area contributed by atoms with E-state index in [4.69, 9.17) is 4.74 Å². The molecule has 0 amide bonds. The lowest BCUT2D eigenvalue weighted by Crippen LogP contribution is -2.39. The minimum absolute atomic E-state index is 0. The van der Waals surface area contributed by atoms with Crippen molar-refractivity contribution in [2.24, 2.45) is 10.9 Å². The van der Waals surface area contributed by atoms with Gasteiger partial charge in [-0.2, -0.15) is 8.78 Å². The first-order valence-electron chi connectivity index (χ1n) is 8.02. The van der Waals surface area contributed by atoms with Crippen LogP contribution in [-0.4, -0.2) is 39.8 Å². The fourth-order valence-corrected chi connectivity index (χ4v) is 2.09. The molecule has 2 N–H and O–H groups in total. The van der Waals surface area contributed by atoms with E-state index in [1.165, 1.54) is 7.11 Å². The van der Waals surface area contributed by atoms with Gasteiger partial charge < -0.3 is 20.1 Å². The number of alkyl halides is 2. The van der Waals surface area contributed by atoms with Crippen LogP contribution < -0.4 is 20.1 Å². The number of benzene rings is 1. The van der Waals surface area contributed by atoms with E-state index in [1.807, 2.05) is 6.07 Å². The number of methoxy groups -OCH3 is 1. The third-order valence-electron chi connectivity index (χ3n) is 3.39. The van der Waals surface area contributed by atoms with Crippen LogP contribution in [0.2, 0.25) is 0 Å². The Labute approximate surface area is 165 Å². The van der Waals surface area contributed by atoms with E-state index in [2.05, 4.69) is 34.2 Å². The molecular weight excluding hydrogens is 443 g/mol. The molecule has 0 heterocycles. The highest BCUT2D eigenvalue weighted by molar-refractivity contribution is 14.0. The van der Waals surface area contributed by atoms with Gasteiger partial charge in [0.15, 0.2) is 17.5 Å². The molecule has 25 heavy (non-hydrogen) atoms. The predicted octanol–water partition coefficient (Wildman–Crippen LogP) is 3.67. The van der Waals surface area contributed by atoms with Gasteiger partial charge in [0.2, 0.25) is 0 Å². The minimum Gasteiger partial charge on any atom is -0.493 e. The summed E-state index contributed by atoms with van der Waals surface area (Å²) in [5.41, 5.74) is 0.872. The minimum atomic E-state index is -2.88. The van der Waals surface area contributed by atoms with Crippen molar-refractivity contribution in [3.63, 3.8) is 0 Å². The van der Waals surface area contributed by atoms with Crippen LogP contribution in [0.3, 0.4) is 0 Å². The number of rotatable bonds is 9. The average Bonchev–Trinajstić information content (AvgIpc) is 2.52. The van der Waals surface area contributed by atoms with Crippen molar-refractivity contribution in [3.05, 3.63) is 23.8 Å². The van der Waals surface area contributed by atoms with E-state index in [1.54, 1.807) is 19.2 Å². The van der Waals surface area contributed by atoms with Crippen LogP contribution in [0, 0.1) is 5.92 Å². The third kappa shape index (κ3) is 9.66. The molecule has 1 rings (SSSR count). The number of hydrogen-bond acceptors (Lipinski definition) is 3. The molecule has 0 aliphatic rings. The number of halogens is 3. The number of aliphatic imine (C=N–C) groups is 1. The average molecular weight is 471 g/mol. The van der Waals surface area contributed by atoms with Gasteiger partial charge in [-0.15, -0.1) is 24.0 Å². The number of nitrogens with one attached hydrogen (secondary N) is 2. The molecule has 8 heteroatoms. The van der Waals surface area contributed by atoms with Crippen molar-refractivity contribution in [1.29, 1.82) is 0 Å². The molecule has 1 aromatic rings. The molecule has 144 valence electrons. The van der Waals surface area contributed by atoms with E-state index in [0.29, 0.717) is 18.9 Å². The number of nitrogens with zero attached hydrogens (tertiary/aromatic N) is 1. The predicted molar refractivity (Wildman–Crippen MR) is 108 cm³/mol.